The minimum atomic E-state index is -0.635. The second-order valence-electron chi connectivity index (χ2n) is 6.46. The second-order valence-corrected chi connectivity index (χ2v) is 8.01. The summed E-state index contributed by atoms with van der Waals surface area (Å²) in [4.78, 5) is 11.2. The number of benzene rings is 1. The molecule has 0 spiro atoms. The number of anilines is 1. The summed E-state index contributed by atoms with van der Waals surface area (Å²) in [6.07, 6.45) is 2.61. The van der Waals surface area contributed by atoms with Gasteiger partial charge in [-0.1, -0.05) is 17.7 Å². The van der Waals surface area contributed by atoms with Crippen LogP contribution in [0.4, 0.5) is 10.2 Å². The van der Waals surface area contributed by atoms with Crippen LogP contribution < -0.4 is 11.1 Å². The standard InChI is InChI=1S/C18H14ClFN8S/c19-10-2-1-3-12(15(10)20)28-18(25-26-27-28)16-17(21)23-8-11(24-16)14-6-9-7-22-5-4-13(9)29-14/h1-3,6,8,22H,4-5,7H2,(H2,21,23). The molecule has 29 heavy (non-hydrogen) atoms. The van der Waals surface area contributed by atoms with Crippen LogP contribution in [0.3, 0.4) is 0 Å². The average molecular weight is 429 g/mol. The number of thiophene rings is 1. The van der Waals surface area contributed by atoms with Crippen LogP contribution in [0.25, 0.3) is 27.8 Å². The van der Waals surface area contributed by atoms with Gasteiger partial charge in [0, 0.05) is 18.0 Å². The Morgan fingerprint density at radius 2 is 2.21 bits per heavy atom. The molecule has 11 heteroatoms. The van der Waals surface area contributed by atoms with Crippen LogP contribution in [0.1, 0.15) is 10.4 Å². The number of halogens is 2. The van der Waals surface area contributed by atoms with E-state index in [2.05, 4.69) is 36.9 Å². The first-order valence-electron chi connectivity index (χ1n) is 8.80. The minimum absolute atomic E-state index is 0.0328. The predicted molar refractivity (Wildman–Crippen MR) is 108 cm³/mol. The van der Waals surface area contributed by atoms with Crippen LogP contribution in [0, 0.1) is 5.82 Å². The van der Waals surface area contributed by atoms with E-state index in [1.807, 2.05) is 0 Å². The van der Waals surface area contributed by atoms with Crippen molar-refractivity contribution in [2.45, 2.75) is 13.0 Å². The Labute approximate surface area is 173 Å². The van der Waals surface area contributed by atoms with Gasteiger partial charge in [0.2, 0.25) is 5.82 Å². The van der Waals surface area contributed by atoms with Crippen LogP contribution >= 0.6 is 22.9 Å². The smallest absolute Gasteiger partial charge is 0.209 e. The molecular formula is C18H14ClFN8S. The number of hydrogen-bond donors (Lipinski definition) is 2. The maximum absolute atomic E-state index is 14.5. The molecule has 4 heterocycles. The zero-order chi connectivity index (χ0) is 20.0. The highest BCUT2D eigenvalue weighted by molar-refractivity contribution is 7.15. The second kappa shape index (κ2) is 7.14. The van der Waals surface area contributed by atoms with Crippen molar-refractivity contribution in [3.8, 4) is 27.8 Å². The van der Waals surface area contributed by atoms with E-state index < -0.39 is 5.82 Å². The van der Waals surface area contributed by atoms with Gasteiger partial charge in [0.05, 0.1) is 21.8 Å². The number of rotatable bonds is 3. The van der Waals surface area contributed by atoms with Crippen molar-refractivity contribution >= 4 is 28.8 Å². The Kier molecular flexibility index (Phi) is 4.46. The summed E-state index contributed by atoms with van der Waals surface area (Å²) in [5.74, 6) is -0.306. The van der Waals surface area contributed by atoms with Crippen molar-refractivity contribution in [3.63, 3.8) is 0 Å². The third-order valence-corrected chi connectivity index (χ3v) is 6.19. The van der Waals surface area contributed by atoms with Gasteiger partial charge in [0.1, 0.15) is 5.69 Å². The maximum Gasteiger partial charge on any atom is 0.209 e. The van der Waals surface area contributed by atoms with E-state index in [9.17, 15) is 4.39 Å². The Hall–Kier alpha value is -2.95. The van der Waals surface area contributed by atoms with E-state index in [1.54, 1.807) is 23.6 Å². The van der Waals surface area contributed by atoms with Gasteiger partial charge in [-0.3, -0.25) is 0 Å². The Morgan fingerprint density at radius 1 is 1.31 bits per heavy atom. The summed E-state index contributed by atoms with van der Waals surface area (Å²) in [6, 6.07) is 6.69. The molecule has 0 saturated heterocycles. The lowest BCUT2D eigenvalue weighted by molar-refractivity contribution is 0.608. The lowest BCUT2D eigenvalue weighted by Crippen LogP contribution is -2.21. The largest absolute Gasteiger partial charge is 0.382 e. The van der Waals surface area contributed by atoms with Gasteiger partial charge in [0.25, 0.3) is 0 Å². The number of nitrogens with two attached hydrogens (primary N) is 1. The van der Waals surface area contributed by atoms with E-state index in [0.29, 0.717) is 5.69 Å². The molecule has 0 saturated carbocycles. The predicted octanol–water partition coefficient (Wildman–Crippen LogP) is 2.87. The molecule has 146 valence electrons. The molecule has 3 aromatic heterocycles. The third-order valence-electron chi connectivity index (χ3n) is 4.63. The molecule has 4 aromatic rings. The fraction of sp³-hybridized carbons (Fsp3) is 0.167. The minimum Gasteiger partial charge on any atom is -0.382 e. The van der Waals surface area contributed by atoms with Gasteiger partial charge in [-0.25, -0.2) is 14.4 Å². The molecule has 0 radical (unpaired) electrons. The van der Waals surface area contributed by atoms with Gasteiger partial charge in [0.15, 0.2) is 17.3 Å². The van der Waals surface area contributed by atoms with Gasteiger partial charge in [-0.15, -0.1) is 16.4 Å². The number of hydrogen-bond acceptors (Lipinski definition) is 8. The Morgan fingerprint density at radius 3 is 3.07 bits per heavy atom. The first-order valence-corrected chi connectivity index (χ1v) is 9.99. The summed E-state index contributed by atoms with van der Waals surface area (Å²) >= 11 is 7.59. The number of nitrogen functional groups attached to an aromatic ring is 1. The number of tetrazole rings is 1. The SMILES string of the molecule is Nc1ncc(-c2cc3c(s2)CCNC3)nc1-c1nnnn1-c1cccc(Cl)c1F. The van der Waals surface area contributed by atoms with E-state index in [4.69, 9.17) is 17.3 Å². The quantitative estimate of drug-likeness (QED) is 0.516. The maximum atomic E-state index is 14.5. The molecule has 3 N–H and O–H groups in total. The van der Waals surface area contributed by atoms with Crippen LogP contribution in [-0.2, 0) is 13.0 Å². The summed E-state index contributed by atoms with van der Waals surface area (Å²) in [6.45, 7) is 1.80. The summed E-state index contributed by atoms with van der Waals surface area (Å²) in [5, 5.41) is 14.9. The van der Waals surface area contributed by atoms with Crippen molar-refractivity contribution < 1.29 is 4.39 Å². The highest BCUT2D eigenvalue weighted by Gasteiger charge is 2.21. The molecule has 1 aliphatic heterocycles. The first-order chi connectivity index (χ1) is 14.1. The van der Waals surface area contributed by atoms with Crippen LogP contribution in [0.2, 0.25) is 5.02 Å². The zero-order valence-electron chi connectivity index (χ0n) is 14.9. The molecule has 8 nitrogen and oxygen atoms in total. The van der Waals surface area contributed by atoms with Crippen LogP contribution in [0.15, 0.2) is 30.5 Å². The van der Waals surface area contributed by atoms with Crippen LogP contribution in [0.5, 0.6) is 0 Å². The number of nitrogens with zero attached hydrogens (tertiary/aromatic N) is 6. The van der Waals surface area contributed by atoms with E-state index in [1.165, 1.54) is 27.3 Å². The Bertz CT molecular complexity index is 1200. The molecule has 0 fully saturated rings. The van der Waals surface area contributed by atoms with Gasteiger partial charge in [-0.2, -0.15) is 4.68 Å². The molecule has 0 atom stereocenters. The van der Waals surface area contributed by atoms with Crippen molar-refractivity contribution in [1.29, 1.82) is 0 Å². The van der Waals surface area contributed by atoms with Gasteiger partial charge >= 0.3 is 0 Å². The zero-order valence-corrected chi connectivity index (χ0v) is 16.5. The van der Waals surface area contributed by atoms with Crippen molar-refractivity contribution in [1.82, 2.24) is 35.5 Å². The van der Waals surface area contributed by atoms with Crippen molar-refractivity contribution in [2.75, 3.05) is 12.3 Å². The molecule has 0 unspecified atom stereocenters. The molecular weight excluding hydrogens is 415 g/mol. The normalized spacial score (nSPS) is 13.4. The summed E-state index contributed by atoms with van der Waals surface area (Å²) in [7, 11) is 0. The summed E-state index contributed by atoms with van der Waals surface area (Å²) in [5.41, 5.74) is 8.36. The molecule has 0 bridgehead atoms. The molecule has 5 rings (SSSR count). The molecule has 1 aliphatic rings. The number of nitrogens with one attached hydrogen (secondary N) is 1. The van der Waals surface area contributed by atoms with Gasteiger partial charge < -0.3 is 11.1 Å². The Balaban J connectivity index is 1.61. The molecule has 0 aliphatic carbocycles. The highest BCUT2D eigenvalue weighted by atomic mass is 35.5. The topological polar surface area (TPSA) is 107 Å². The lowest BCUT2D eigenvalue weighted by Gasteiger charge is -2.10. The highest BCUT2D eigenvalue weighted by Crippen LogP contribution is 2.34. The number of fused-ring (bicyclic) bond motifs is 1. The number of aromatic nitrogens is 6. The summed E-state index contributed by atoms with van der Waals surface area (Å²) < 4.78 is 15.7. The monoisotopic (exact) mass is 428 g/mol. The average Bonchev–Trinajstić information content (AvgIpc) is 3.37. The van der Waals surface area contributed by atoms with Crippen molar-refractivity contribution in [3.05, 3.63) is 51.7 Å². The third kappa shape index (κ3) is 3.15. The fourth-order valence-electron chi connectivity index (χ4n) is 3.21. The molecule has 1 aromatic carbocycles. The van der Waals surface area contributed by atoms with Crippen molar-refractivity contribution in [2.24, 2.45) is 0 Å². The fourth-order valence-corrected chi connectivity index (χ4v) is 4.52. The lowest BCUT2D eigenvalue weighted by atomic mass is 10.1. The van der Waals surface area contributed by atoms with E-state index in [-0.39, 0.29) is 28.0 Å². The van der Waals surface area contributed by atoms with E-state index in [0.717, 1.165) is 24.4 Å². The molecule has 0 amide bonds. The van der Waals surface area contributed by atoms with Crippen LogP contribution in [-0.4, -0.2) is 36.7 Å². The first kappa shape index (κ1) is 18.1. The van der Waals surface area contributed by atoms with Gasteiger partial charge in [-0.05, 0) is 40.6 Å². The van der Waals surface area contributed by atoms with E-state index >= 15 is 0 Å².